The molecule has 2 saturated carbocycles. The average Bonchev–Trinajstić information content (AvgIpc) is 2.95. The number of benzene rings is 1. The van der Waals surface area contributed by atoms with E-state index in [1.165, 1.54) is 18.2 Å². The van der Waals surface area contributed by atoms with Crippen LogP contribution >= 0.6 is 23.4 Å². The van der Waals surface area contributed by atoms with E-state index in [4.69, 9.17) is 11.6 Å². The molecular weight excluding hydrogens is 382 g/mol. The lowest BCUT2D eigenvalue weighted by molar-refractivity contribution is -0.118. The van der Waals surface area contributed by atoms with Gasteiger partial charge in [0.2, 0.25) is 11.8 Å². The summed E-state index contributed by atoms with van der Waals surface area (Å²) in [7, 11) is 0. The Kier molecular flexibility index (Phi) is 5.87. The van der Waals surface area contributed by atoms with Crippen molar-refractivity contribution in [3.8, 4) is 0 Å². The zero-order valence-corrected chi connectivity index (χ0v) is 17.5. The summed E-state index contributed by atoms with van der Waals surface area (Å²) in [6.45, 7) is 6.88. The molecule has 0 spiro atoms. The van der Waals surface area contributed by atoms with Gasteiger partial charge in [-0.15, -0.1) is 11.8 Å². The molecule has 0 radical (unpaired) electrons. The van der Waals surface area contributed by atoms with Crippen molar-refractivity contribution in [3.63, 3.8) is 0 Å². The summed E-state index contributed by atoms with van der Waals surface area (Å²) < 4.78 is 0. The molecular formula is C20H26ClN3O2S. The molecule has 1 aromatic rings. The molecule has 0 aromatic heterocycles. The first-order valence-corrected chi connectivity index (χ1v) is 10.7. The van der Waals surface area contributed by atoms with E-state index >= 15 is 0 Å². The van der Waals surface area contributed by atoms with Gasteiger partial charge in [0, 0.05) is 21.8 Å². The second-order valence-electron chi connectivity index (χ2n) is 8.13. The fourth-order valence-corrected chi connectivity index (χ4v) is 4.96. The molecule has 2 N–H and O–H groups in total. The van der Waals surface area contributed by atoms with Gasteiger partial charge in [0.1, 0.15) is 0 Å². The standard InChI is InChI=1S/C20H26ClN3O2S/c1-19(2)13-8-9-20(19,3)16(10-13)23-24-18(26)12-27-11-17(25)22-15-6-4-14(21)5-7-15/h4-7,13H,8-12H2,1-3H3,(H,22,25)(H,24,26)/b23-16+/t13-,20-/m0/s1. The predicted octanol–water partition coefficient (Wildman–Crippen LogP) is 4.33. The second-order valence-corrected chi connectivity index (χ2v) is 9.56. The summed E-state index contributed by atoms with van der Waals surface area (Å²) in [5, 5.41) is 7.83. The van der Waals surface area contributed by atoms with Crippen molar-refractivity contribution in [3.05, 3.63) is 29.3 Å². The number of carbonyl (C=O) groups excluding carboxylic acids is 2. The monoisotopic (exact) mass is 407 g/mol. The highest BCUT2D eigenvalue weighted by atomic mass is 35.5. The molecule has 1 aromatic carbocycles. The van der Waals surface area contributed by atoms with Gasteiger partial charge in [-0.2, -0.15) is 5.10 Å². The fourth-order valence-electron chi connectivity index (χ4n) is 4.23. The molecule has 0 saturated heterocycles. The van der Waals surface area contributed by atoms with Crippen molar-refractivity contribution in [1.82, 2.24) is 5.43 Å². The number of hydrogen-bond donors (Lipinski definition) is 2. The van der Waals surface area contributed by atoms with Crippen LogP contribution in [0, 0.1) is 16.7 Å². The Morgan fingerprint density at radius 2 is 1.85 bits per heavy atom. The molecule has 27 heavy (non-hydrogen) atoms. The molecule has 7 heteroatoms. The molecule has 2 aliphatic carbocycles. The van der Waals surface area contributed by atoms with E-state index in [0.29, 0.717) is 16.6 Å². The Labute approximate surface area is 169 Å². The Balaban J connectivity index is 1.41. The van der Waals surface area contributed by atoms with Crippen LogP contribution in [-0.4, -0.2) is 29.0 Å². The Morgan fingerprint density at radius 1 is 1.19 bits per heavy atom. The summed E-state index contributed by atoms with van der Waals surface area (Å²) in [6.07, 6.45) is 3.36. The van der Waals surface area contributed by atoms with Crippen LogP contribution in [-0.2, 0) is 9.59 Å². The molecule has 2 amide bonds. The van der Waals surface area contributed by atoms with Crippen LogP contribution in [0.25, 0.3) is 0 Å². The van der Waals surface area contributed by atoms with Crippen molar-refractivity contribution in [2.45, 2.75) is 40.0 Å². The number of thioether (sulfide) groups is 1. The lowest BCUT2D eigenvalue weighted by atomic mass is 9.70. The smallest absolute Gasteiger partial charge is 0.250 e. The number of hydrazone groups is 1. The summed E-state index contributed by atoms with van der Waals surface area (Å²) >= 11 is 7.09. The molecule has 2 aliphatic rings. The van der Waals surface area contributed by atoms with Crippen molar-refractivity contribution in [1.29, 1.82) is 0 Å². The molecule has 5 nitrogen and oxygen atoms in total. The van der Waals surface area contributed by atoms with Crippen LogP contribution < -0.4 is 10.7 Å². The van der Waals surface area contributed by atoms with Gasteiger partial charge in [0.15, 0.2) is 0 Å². The van der Waals surface area contributed by atoms with Crippen molar-refractivity contribution in [2.75, 3.05) is 16.8 Å². The van der Waals surface area contributed by atoms with Crippen LogP contribution in [0.3, 0.4) is 0 Å². The summed E-state index contributed by atoms with van der Waals surface area (Å²) in [4.78, 5) is 24.0. The number of carbonyl (C=O) groups is 2. The number of amides is 2. The third kappa shape index (κ3) is 4.16. The summed E-state index contributed by atoms with van der Waals surface area (Å²) in [5.74, 6) is 0.747. The van der Waals surface area contributed by atoms with Crippen molar-refractivity contribution >= 4 is 46.6 Å². The quantitative estimate of drug-likeness (QED) is 0.689. The Hall–Kier alpha value is -1.53. The Morgan fingerprint density at radius 3 is 2.44 bits per heavy atom. The average molecular weight is 408 g/mol. The van der Waals surface area contributed by atoms with E-state index in [-0.39, 0.29) is 34.2 Å². The maximum Gasteiger partial charge on any atom is 0.250 e. The first-order valence-electron chi connectivity index (χ1n) is 9.21. The minimum Gasteiger partial charge on any atom is -0.325 e. The number of hydrogen-bond acceptors (Lipinski definition) is 4. The summed E-state index contributed by atoms with van der Waals surface area (Å²) in [5.41, 5.74) is 4.81. The van der Waals surface area contributed by atoms with E-state index < -0.39 is 0 Å². The highest BCUT2D eigenvalue weighted by Crippen LogP contribution is 2.63. The molecule has 2 fully saturated rings. The van der Waals surface area contributed by atoms with Gasteiger partial charge >= 0.3 is 0 Å². The SMILES string of the molecule is CC1(C)[C@H]2CC[C@@]1(C)/C(=N/NC(=O)CSCC(=O)Nc1ccc(Cl)cc1)C2. The van der Waals surface area contributed by atoms with E-state index in [0.717, 1.165) is 18.6 Å². The number of nitrogens with zero attached hydrogens (tertiary/aromatic N) is 1. The number of rotatable bonds is 6. The molecule has 0 unspecified atom stereocenters. The molecule has 2 atom stereocenters. The zero-order valence-electron chi connectivity index (χ0n) is 16.0. The topological polar surface area (TPSA) is 70.6 Å². The van der Waals surface area contributed by atoms with Gasteiger partial charge in [-0.05, 0) is 54.9 Å². The minimum atomic E-state index is -0.170. The van der Waals surface area contributed by atoms with Gasteiger partial charge in [0.25, 0.3) is 0 Å². The second kappa shape index (κ2) is 7.84. The first-order chi connectivity index (χ1) is 12.7. The van der Waals surface area contributed by atoms with Gasteiger partial charge < -0.3 is 5.32 Å². The van der Waals surface area contributed by atoms with Crippen LogP contribution in [0.15, 0.2) is 29.4 Å². The molecule has 0 aliphatic heterocycles. The van der Waals surface area contributed by atoms with Crippen LogP contribution in [0.1, 0.15) is 40.0 Å². The third-order valence-electron chi connectivity index (χ3n) is 6.42. The minimum absolute atomic E-state index is 0.0799. The highest BCUT2D eigenvalue weighted by molar-refractivity contribution is 8.00. The lowest BCUT2D eigenvalue weighted by Gasteiger charge is -2.34. The maximum absolute atomic E-state index is 12.1. The molecule has 0 heterocycles. The number of fused-ring (bicyclic) bond motifs is 2. The lowest BCUT2D eigenvalue weighted by Crippen LogP contribution is -2.34. The van der Waals surface area contributed by atoms with E-state index in [1.54, 1.807) is 24.3 Å². The van der Waals surface area contributed by atoms with E-state index in [9.17, 15) is 9.59 Å². The molecule has 146 valence electrons. The Bertz CT molecular complexity index is 763. The number of nitrogens with one attached hydrogen (secondary N) is 2. The fraction of sp³-hybridized carbons (Fsp3) is 0.550. The predicted molar refractivity (Wildman–Crippen MR) is 112 cm³/mol. The normalized spacial score (nSPS) is 27.0. The third-order valence-corrected chi connectivity index (χ3v) is 7.61. The van der Waals surface area contributed by atoms with Gasteiger partial charge in [-0.3, -0.25) is 9.59 Å². The highest BCUT2D eigenvalue weighted by Gasteiger charge is 2.59. The largest absolute Gasteiger partial charge is 0.325 e. The van der Waals surface area contributed by atoms with Crippen LogP contribution in [0.2, 0.25) is 5.02 Å². The van der Waals surface area contributed by atoms with Crippen LogP contribution in [0.5, 0.6) is 0 Å². The van der Waals surface area contributed by atoms with Gasteiger partial charge in [0.05, 0.1) is 11.5 Å². The van der Waals surface area contributed by atoms with Crippen molar-refractivity contribution < 1.29 is 9.59 Å². The first kappa shape index (κ1) is 20.2. The molecule has 2 bridgehead atoms. The van der Waals surface area contributed by atoms with Crippen molar-refractivity contribution in [2.24, 2.45) is 21.8 Å². The zero-order chi connectivity index (χ0) is 19.7. The van der Waals surface area contributed by atoms with E-state index in [2.05, 4.69) is 36.6 Å². The summed E-state index contributed by atoms with van der Waals surface area (Å²) in [6, 6.07) is 6.92. The van der Waals surface area contributed by atoms with Gasteiger partial charge in [-0.1, -0.05) is 32.4 Å². The van der Waals surface area contributed by atoms with Crippen LogP contribution in [0.4, 0.5) is 5.69 Å². The molecule has 3 rings (SSSR count). The maximum atomic E-state index is 12.1. The number of anilines is 1. The number of halogens is 1. The van der Waals surface area contributed by atoms with E-state index in [1.807, 2.05) is 0 Å². The van der Waals surface area contributed by atoms with Gasteiger partial charge in [-0.25, -0.2) is 5.43 Å².